The van der Waals surface area contributed by atoms with Gasteiger partial charge in [-0.05, 0) is 19.1 Å². The van der Waals surface area contributed by atoms with Gasteiger partial charge in [-0.25, -0.2) is 18.1 Å². The minimum atomic E-state index is -3.84. The molecule has 1 aromatic carbocycles. The zero-order valence-corrected chi connectivity index (χ0v) is 15.2. The number of carbonyl (C=O) groups is 2. The quantitative estimate of drug-likeness (QED) is 0.688. The third-order valence-electron chi connectivity index (χ3n) is 3.66. The number of nitrogens with one attached hydrogen (secondary N) is 1. The Kier molecular flexibility index (Phi) is 6.11. The lowest BCUT2D eigenvalue weighted by atomic mass is 10.2. The van der Waals surface area contributed by atoms with Gasteiger partial charge in [-0.15, -0.1) is 0 Å². The first-order chi connectivity index (χ1) is 12.2. The predicted octanol–water partition coefficient (Wildman–Crippen LogP) is 0.515. The molecule has 0 aliphatic heterocycles. The number of para-hydroxylation sites is 1. The topological polar surface area (TPSA) is 122 Å². The van der Waals surface area contributed by atoms with Crippen LogP contribution in [-0.2, 0) is 26.7 Å². The van der Waals surface area contributed by atoms with E-state index in [1.54, 1.807) is 48.9 Å². The molecule has 0 fully saturated rings. The molecular formula is C16H20N4O5S. The van der Waals surface area contributed by atoms with Gasteiger partial charge >= 0.3 is 5.97 Å². The van der Waals surface area contributed by atoms with Crippen LogP contribution in [0.2, 0.25) is 0 Å². The lowest BCUT2D eigenvalue weighted by Gasteiger charge is -2.20. The van der Waals surface area contributed by atoms with Gasteiger partial charge < -0.3 is 14.6 Å². The van der Waals surface area contributed by atoms with E-state index in [2.05, 4.69) is 9.71 Å². The van der Waals surface area contributed by atoms with Crippen molar-refractivity contribution in [2.45, 2.75) is 18.4 Å². The molecule has 0 unspecified atom stereocenters. The highest BCUT2D eigenvalue weighted by Crippen LogP contribution is 2.14. The van der Waals surface area contributed by atoms with Crippen molar-refractivity contribution in [1.29, 1.82) is 0 Å². The molecule has 2 N–H and O–H groups in total. The lowest BCUT2D eigenvalue weighted by molar-refractivity contribution is -0.136. The number of anilines is 1. The van der Waals surface area contributed by atoms with Crippen LogP contribution in [-0.4, -0.2) is 48.0 Å². The Morgan fingerprint density at radius 3 is 2.46 bits per heavy atom. The largest absolute Gasteiger partial charge is 0.480 e. The smallest absolute Gasteiger partial charge is 0.323 e. The summed E-state index contributed by atoms with van der Waals surface area (Å²) >= 11 is 0. The zero-order chi connectivity index (χ0) is 19.3. The Morgan fingerprint density at radius 2 is 1.92 bits per heavy atom. The molecule has 2 rings (SSSR count). The second-order valence-corrected chi connectivity index (χ2v) is 7.31. The number of carboxylic acids is 1. The lowest BCUT2D eigenvalue weighted by Crippen LogP contribution is -2.38. The summed E-state index contributed by atoms with van der Waals surface area (Å²) in [5.41, 5.74) is 0.433. The fourth-order valence-electron chi connectivity index (χ4n) is 2.22. The highest BCUT2D eigenvalue weighted by molar-refractivity contribution is 7.89. The third-order valence-corrected chi connectivity index (χ3v) is 4.99. The van der Waals surface area contributed by atoms with E-state index in [9.17, 15) is 18.0 Å². The molecule has 10 heteroatoms. The van der Waals surface area contributed by atoms with Gasteiger partial charge in [-0.1, -0.05) is 18.2 Å². The Balaban J connectivity index is 2.02. The number of carbonyl (C=O) groups excluding carboxylic acids is 1. The van der Waals surface area contributed by atoms with E-state index in [1.165, 1.54) is 6.20 Å². The number of rotatable bonds is 8. The number of nitrogens with zero attached hydrogens (tertiary/aromatic N) is 3. The highest BCUT2D eigenvalue weighted by Gasteiger charge is 2.21. The van der Waals surface area contributed by atoms with Gasteiger partial charge in [0.05, 0.1) is 0 Å². The van der Waals surface area contributed by atoms with E-state index in [-0.39, 0.29) is 18.0 Å². The van der Waals surface area contributed by atoms with Crippen molar-refractivity contribution >= 4 is 27.6 Å². The van der Waals surface area contributed by atoms with Gasteiger partial charge in [0, 0.05) is 31.9 Å². The Hall–Kier alpha value is -2.72. The number of hydrogen-bond donors (Lipinski definition) is 2. The molecule has 140 valence electrons. The summed E-state index contributed by atoms with van der Waals surface area (Å²) < 4.78 is 28.3. The van der Waals surface area contributed by atoms with Crippen LogP contribution < -0.4 is 9.62 Å². The van der Waals surface area contributed by atoms with Crippen molar-refractivity contribution < 1.29 is 23.1 Å². The number of benzene rings is 1. The van der Waals surface area contributed by atoms with Crippen LogP contribution in [0.25, 0.3) is 0 Å². The summed E-state index contributed by atoms with van der Waals surface area (Å²) in [5.74, 6) is -1.12. The van der Waals surface area contributed by atoms with Gasteiger partial charge in [0.15, 0.2) is 5.03 Å². The van der Waals surface area contributed by atoms with Crippen molar-refractivity contribution in [2.75, 3.05) is 18.0 Å². The van der Waals surface area contributed by atoms with E-state index in [4.69, 9.17) is 5.11 Å². The number of amides is 1. The number of aliphatic carboxylic acids is 1. The molecule has 0 spiro atoms. The van der Waals surface area contributed by atoms with Gasteiger partial charge in [0.25, 0.3) is 10.0 Å². The van der Waals surface area contributed by atoms with Crippen LogP contribution in [0.4, 0.5) is 5.69 Å². The first kappa shape index (κ1) is 19.6. The van der Waals surface area contributed by atoms with Crippen molar-refractivity contribution in [3.05, 3.63) is 42.4 Å². The number of aromatic nitrogens is 2. The minimum absolute atomic E-state index is 0.129. The summed E-state index contributed by atoms with van der Waals surface area (Å²) in [7, 11) is -2.16. The van der Waals surface area contributed by atoms with E-state index < -0.39 is 28.4 Å². The number of aryl methyl sites for hydroxylation is 2. The van der Waals surface area contributed by atoms with Gasteiger partial charge in [-0.3, -0.25) is 9.59 Å². The predicted molar refractivity (Wildman–Crippen MR) is 94.2 cm³/mol. The summed E-state index contributed by atoms with van der Waals surface area (Å²) in [6, 6.07) is 8.34. The average Bonchev–Trinajstić information content (AvgIpc) is 2.93. The molecule has 0 saturated heterocycles. The Morgan fingerprint density at radius 1 is 1.27 bits per heavy atom. The van der Waals surface area contributed by atoms with Crippen molar-refractivity contribution in [2.24, 2.45) is 7.05 Å². The van der Waals surface area contributed by atoms with E-state index in [1.807, 2.05) is 0 Å². The van der Waals surface area contributed by atoms with Gasteiger partial charge in [-0.2, -0.15) is 0 Å². The summed E-state index contributed by atoms with van der Waals surface area (Å²) in [6.45, 7) is 1.00. The van der Waals surface area contributed by atoms with Crippen LogP contribution in [0.15, 0.2) is 41.6 Å². The molecule has 0 bridgehead atoms. The van der Waals surface area contributed by atoms with Crippen LogP contribution in [0.3, 0.4) is 0 Å². The molecular weight excluding hydrogens is 360 g/mol. The highest BCUT2D eigenvalue weighted by atomic mass is 32.2. The van der Waals surface area contributed by atoms with E-state index in [0.29, 0.717) is 11.5 Å². The molecule has 2 aromatic rings. The minimum Gasteiger partial charge on any atom is -0.480 e. The molecule has 26 heavy (non-hydrogen) atoms. The third kappa shape index (κ3) is 4.90. The first-order valence-corrected chi connectivity index (χ1v) is 9.26. The van der Waals surface area contributed by atoms with E-state index in [0.717, 1.165) is 4.90 Å². The van der Waals surface area contributed by atoms with E-state index >= 15 is 0 Å². The van der Waals surface area contributed by atoms with Gasteiger partial charge in [0.2, 0.25) is 5.91 Å². The monoisotopic (exact) mass is 380 g/mol. The van der Waals surface area contributed by atoms with Crippen LogP contribution in [0, 0.1) is 6.92 Å². The number of sulfonamides is 1. The SMILES string of the molecule is Cc1nc(S(=O)(=O)NCCC(=O)N(CC(=O)O)c2ccccc2)cn1C. The summed E-state index contributed by atoms with van der Waals surface area (Å²) in [6.07, 6.45) is 1.19. The standard InChI is InChI=1S/C16H20N4O5S/c1-12-18-14(10-19(12)2)26(24,25)17-9-8-15(21)20(11-16(22)23)13-6-4-3-5-7-13/h3-7,10,17H,8-9,11H2,1-2H3,(H,22,23). The Bertz CT molecular complexity index is 873. The average molecular weight is 380 g/mol. The van der Waals surface area contributed by atoms with Gasteiger partial charge in [0.1, 0.15) is 12.4 Å². The fraction of sp³-hybridized carbons (Fsp3) is 0.312. The molecule has 0 atom stereocenters. The number of imidazole rings is 1. The summed E-state index contributed by atoms with van der Waals surface area (Å²) in [4.78, 5) is 28.4. The fourth-order valence-corrected chi connectivity index (χ4v) is 3.29. The number of carboxylic acid groups (broad SMARTS) is 1. The molecule has 9 nitrogen and oxygen atoms in total. The van der Waals surface area contributed by atoms with Crippen molar-refractivity contribution in [3.8, 4) is 0 Å². The molecule has 0 saturated carbocycles. The molecule has 0 aliphatic carbocycles. The normalized spacial score (nSPS) is 11.3. The van der Waals surface area contributed by atoms with Crippen LogP contribution in [0.5, 0.6) is 0 Å². The molecule has 0 radical (unpaired) electrons. The zero-order valence-electron chi connectivity index (χ0n) is 14.4. The second-order valence-electron chi connectivity index (χ2n) is 5.59. The summed E-state index contributed by atoms with van der Waals surface area (Å²) in [5, 5.41) is 8.88. The van der Waals surface area contributed by atoms with Crippen LogP contribution in [0.1, 0.15) is 12.2 Å². The maximum atomic E-state index is 12.4. The number of hydrogen-bond acceptors (Lipinski definition) is 5. The van der Waals surface area contributed by atoms with Crippen LogP contribution >= 0.6 is 0 Å². The van der Waals surface area contributed by atoms with Crippen molar-refractivity contribution in [3.63, 3.8) is 0 Å². The molecule has 1 heterocycles. The molecule has 0 aliphatic rings. The Labute approximate surface area is 151 Å². The second kappa shape index (κ2) is 8.11. The molecule has 1 amide bonds. The maximum absolute atomic E-state index is 12.4. The first-order valence-electron chi connectivity index (χ1n) is 7.77. The maximum Gasteiger partial charge on any atom is 0.323 e. The van der Waals surface area contributed by atoms with Crippen molar-refractivity contribution in [1.82, 2.24) is 14.3 Å². The molecule has 1 aromatic heterocycles.